The van der Waals surface area contributed by atoms with Crippen molar-refractivity contribution in [2.75, 3.05) is 12.3 Å². The molecule has 4 nitrogen and oxygen atoms in total. The van der Waals surface area contributed by atoms with Crippen molar-refractivity contribution in [2.45, 2.75) is 31.7 Å². The molecule has 1 aliphatic rings. The molecule has 0 aliphatic carbocycles. The monoisotopic (exact) mass is 322 g/mol. The van der Waals surface area contributed by atoms with Crippen LogP contribution in [0.5, 0.6) is 0 Å². The van der Waals surface area contributed by atoms with E-state index in [1.165, 1.54) is 0 Å². The summed E-state index contributed by atoms with van der Waals surface area (Å²) in [6.45, 7) is 4.79. The molecule has 106 valence electrons. The maximum absolute atomic E-state index is 11.8. The van der Waals surface area contributed by atoms with Crippen LogP contribution in [-0.2, 0) is 16.4 Å². The molecule has 0 saturated carbocycles. The zero-order valence-electron chi connectivity index (χ0n) is 10.8. The highest BCUT2D eigenvalue weighted by atomic mass is 35.5. The number of hydrogen-bond acceptors (Lipinski definition) is 4. The van der Waals surface area contributed by atoms with E-state index in [2.05, 4.69) is 9.88 Å². The Morgan fingerprint density at radius 3 is 2.68 bits per heavy atom. The topological polar surface area (TPSA) is 50.3 Å². The normalized spacial score (nSPS) is 27.4. The first-order chi connectivity index (χ1) is 8.81. The van der Waals surface area contributed by atoms with Gasteiger partial charge in [-0.05, 0) is 19.9 Å². The van der Waals surface area contributed by atoms with E-state index in [4.69, 9.17) is 23.2 Å². The van der Waals surface area contributed by atoms with Crippen molar-refractivity contribution in [1.82, 2.24) is 9.88 Å². The Hall–Kier alpha value is -0.360. The second-order valence-corrected chi connectivity index (χ2v) is 8.09. The standard InChI is InChI=1S/C12H16Cl2N2O2S/c1-8-9(2)19(17,18)6-5-16(8)7-10-3-4-11(13)15-12(10)14/h3-4,8-9H,5-7H2,1-2H3/t8-,9-/m0/s1. The number of aromatic nitrogens is 1. The maximum atomic E-state index is 11.8. The lowest BCUT2D eigenvalue weighted by molar-refractivity contribution is 0.197. The molecule has 1 aliphatic heterocycles. The molecule has 1 aromatic rings. The molecule has 1 fully saturated rings. The molecule has 0 unspecified atom stereocenters. The molecule has 0 amide bonds. The molecule has 7 heteroatoms. The van der Waals surface area contributed by atoms with Gasteiger partial charge in [0.15, 0.2) is 9.84 Å². The first kappa shape index (κ1) is 15.0. The molecule has 1 aromatic heterocycles. The second kappa shape index (κ2) is 5.56. The number of hydrogen-bond donors (Lipinski definition) is 0. The molecule has 0 aromatic carbocycles. The van der Waals surface area contributed by atoms with Gasteiger partial charge in [0.1, 0.15) is 10.3 Å². The third-order valence-corrected chi connectivity index (χ3v) is 6.57. The summed E-state index contributed by atoms with van der Waals surface area (Å²) in [5, 5.41) is 0.373. The average molecular weight is 323 g/mol. The lowest BCUT2D eigenvalue weighted by Gasteiger charge is -2.37. The van der Waals surface area contributed by atoms with Gasteiger partial charge in [-0.3, -0.25) is 4.90 Å². The largest absolute Gasteiger partial charge is 0.294 e. The minimum absolute atomic E-state index is 0.0366. The van der Waals surface area contributed by atoms with Gasteiger partial charge in [-0.25, -0.2) is 13.4 Å². The van der Waals surface area contributed by atoms with Crippen LogP contribution in [0.4, 0.5) is 0 Å². The maximum Gasteiger partial charge on any atom is 0.155 e. The smallest absolute Gasteiger partial charge is 0.155 e. The van der Waals surface area contributed by atoms with Crippen molar-refractivity contribution in [3.8, 4) is 0 Å². The van der Waals surface area contributed by atoms with Gasteiger partial charge < -0.3 is 0 Å². The van der Waals surface area contributed by atoms with Crippen molar-refractivity contribution in [3.63, 3.8) is 0 Å². The Morgan fingerprint density at radius 2 is 2.05 bits per heavy atom. The molecule has 2 heterocycles. The van der Waals surface area contributed by atoms with Gasteiger partial charge in [0.2, 0.25) is 0 Å². The van der Waals surface area contributed by atoms with E-state index in [1.807, 2.05) is 13.0 Å². The van der Waals surface area contributed by atoms with Crippen molar-refractivity contribution < 1.29 is 8.42 Å². The molecule has 2 rings (SSSR count). The first-order valence-electron chi connectivity index (χ1n) is 6.08. The van der Waals surface area contributed by atoms with Gasteiger partial charge in [0, 0.05) is 24.7 Å². The molecule has 19 heavy (non-hydrogen) atoms. The fourth-order valence-electron chi connectivity index (χ4n) is 2.23. The molecular formula is C12H16Cl2N2O2S. The van der Waals surface area contributed by atoms with E-state index in [0.717, 1.165) is 5.56 Å². The quantitative estimate of drug-likeness (QED) is 0.784. The van der Waals surface area contributed by atoms with E-state index in [-0.39, 0.29) is 17.0 Å². The zero-order chi connectivity index (χ0) is 14.2. The molecule has 0 N–H and O–H groups in total. The predicted molar refractivity (Wildman–Crippen MR) is 77.4 cm³/mol. The molecule has 1 saturated heterocycles. The van der Waals surface area contributed by atoms with E-state index in [0.29, 0.717) is 23.4 Å². The van der Waals surface area contributed by atoms with Crippen LogP contribution >= 0.6 is 23.2 Å². The summed E-state index contributed by atoms with van der Waals surface area (Å²) in [5.41, 5.74) is 0.865. The van der Waals surface area contributed by atoms with Crippen LogP contribution in [0.1, 0.15) is 19.4 Å². The third kappa shape index (κ3) is 3.21. The van der Waals surface area contributed by atoms with Crippen LogP contribution in [0.2, 0.25) is 10.3 Å². The summed E-state index contributed by atoms with van der Waals surface area (Å²) < 4.78 is 23.6. The molecular weight excluding hydrogens is 307 g/mol. The van der Waals surface area contributed by atoms with Crippen LogP contribution in [0.25, 0.3) is 0 Å². The Bertz CT molecular complexity index is 577. The van der Waals surface area contributed by atoms with E-state index in [1.54, 1.807) is 13.0 Å². The Kier molecular flexibility index (Phi) is 4.40. The fourth-order valence-corrected chi connectivity index (χ4v) is 4.27. The SMILES string of the molecule is C[C@H]1[C@H](C)S(=O)(=O)CCN1Cc1ccc(Cl)nc1Cl. The average Bonchev–Trinajstić information content (AvgIpc) is 2.33. The first-order valence-corrected chi connectivity index (χ1v) is 8.55. The highest BCUT2D eigenvalue weighted by Gasteiger charge is 2.35. The van der Waals surface area contributed by atoms with E-state index < -0.39 is 9.84 Å². The van der Waals surface area contributed by atoms with Gasteiger partial charge in [-0.15, -0.1) is 0 Å². The van der Waals surface area contributed by atoms with Crippen LogP contribution in [0.15, 0.2) is 12.1 Å². The molecule has 2 atom stereocenters. The van der Waals surface area contributed by atoms with Crippen LogP contribution < -0.4 is 0 Å². The Balaban J connectivity index is 2.16. The second-order valence-electron chi connectivity index (χ2n) is 4.87. The lowest BCUT2D eigenvalue weighted by Crippen LogP contribution is -2.51. The van der Waals surface area contributed by atoms with Crippen LogP contribution in [-0.4, -0.2) is 41.9 Å². The number of rotatable bonds is 2. The highest BCUT2D eigenvalue weighted by molar-refractivity contribution is 7.92. The Morgan fingerprint density at radius 1 is 1.37 bits per heavy atom. The molecule has 0 spiro atoms. The lowest BCUT2D eigenvalue weighted by atomic mass is 10.1. The van der Waals surface area contributed by atoms with Gasteiger partial charge in [-0.2, -0.15) is 0 Å². The van der Waals surface area contributed by atoms with Crippen molar-refractivity contribution in [2.24, 2.45) is 0 Å². The number of pyridine rings is 1. The summed E-state index contributed by atoms with van der Waals surface area (Å²) in [7, 11) is -2.96. The summed E-state index contributed by atoms with van der Waals surface area (Å²) in [6.07, 6.45) is 0. The molecule has 0 radical (unpaired) electrons. The molecule has 0 bridgehead atoms. The van der Waals surface area contributed by atoms with E-state index >= 15 is 0 Å². The number of sulfone groups is 1. The van der Waals surface area contributed by atoms with Crippen molar-refractivity contribution in [3.05, 3.63) is 28.0 Å². The number of nitrogens with zero attached hydrogens (tertiary/aromatic N) is 2. The van der Waals surface area contributed by atoms with Crippen molar-refractivity contribution >= 4 is 33.0 Å². The van der Waals surface area contributed by atoms with E-state index in [9.17, 15) is 8.42 Å². The van der Waals surface area contributed by atoms with Gasteiger partial charge in [0.05, 0.1) is 11.0 Å². The minimum atomic E-state index is -2.96. The fraction of sp³-hybridized carbons (Fsp3) is 0.583. The third-order valence-electron chi connectivity index (χ3n) is 3.75. The van der Waals surface area contributed by atoms with Crippen molar-refractivity contribution in [1.29, 1.82) is 0 Å². The summed E-state index contributed by atoms with van der Waals surface area (Å²) >= 11 is 11.8. The highest BCUT2D eigenvalue weighted by Crippen LogP contribution is 2.24. The predicted octanol–water partition coefficient (Wildman–Crippen LogP) is 2.40. The Labute approximate surface area is 123 Å². The summed E-state index contributed by atoms with van der Waals surface area (Å²) in [6, 6.07) is 3.49. The van der Waals surface area contributed by atoms with Gasteiger partial charge in [0.25, 0.3) is 0 Å². The van der Waals surface area contributed by atoms with Crippen LogP contribution in [0, 0.1) is 0 Å². The number of halogens is 2. The minimum Gasteiger partial charge on any atom is -0.294 e. The van der Waals surface area contributed by atoms with Gasteiger partial charge in [-0.1, -0.05) is 29.3 Å². The van der Waals surface area contributed by atoms with Crippen LogP contribution in [0.3, 0.4) is 0 Å². The zero-order valence-corrected chi connectivity index (χ0v) is 13.1. The summed E-state index contributed by atoms with van der Waals surface area (Å²) in [5.74, 6) is 0.192. The summed E-state index contributed by atoms with van der Waals surface area (Å²) in [4.78, 5) is 6.11. The van der Waals surface area contributed by atoms with Gasteiger partial charge >= 0.3 is 0 Å².